The SMILES string of the molecule is COC[C@@H]1NC(=O)CC/C=C\CN(C2CCCCC2)C(=O)[C@H]2N([C@H](C)CO)C(=O)[C@@H]3[C@@H](C(=O)O[C@H]1c1ccccc1)[C@@H]1O[C@@]32C=C1Br. The Hall–Kier alpha value is -3.06. The van der Waals surface area contributed by atoms with Crippen molar-refractivity contribution in [3.63, 3.8) is 0 Å². The Kier molecular flexibility index (Phi) is 10.2. The summed E-state index contributed by atoms with van der Waals surface area (Å²) in [4.78, 5) is 60.2. The number of benzene rings is 1. The van der Waals surface area contributed by atoms with Crippen LogP contribution in [0, 0.1) is 11.8 Å². The number of carbonyl (C=O) groups is 4. The first-order chi connectivity index (χ1) is 22.7. The zero-order valence-electron chi connectivity index (χ0n) is 26.9. The molecule has 254 valence electrons. The van der Waals surface area contributed by atoms with E-state index in [9.17, 15) is 24.3 Å². The lowest BCUT2D eigenvalue weighted by atomic mass is 9.74. The molecule has 5 bridgehead atoms. The van der Waals surface area contributed by atoms with Crippen LogP contribution in [0.4, 0.5) is 0 Å². The molecule has 4 heterocycles. The molecular weight excluding hydrogens is 670 g/mol. The predicted molar refractivity (Wildman–Crippen MR) is 175 cm³/mol. The summed E-state index contributed by atoms with van der Waals surface area (Å²) in [5.74, 6) is -3.72. The third-order valence-corrected chi connectivity index (χ3v) is 11.0. The van der Waals surface area contributed by atoms with Crippen molar-refractivity contribution in [2.45, 2.75) is 93.8 Å². The Labute approximate surface area is 283 Å². The molecule has 1 aromatic rings. The molecule has 4 aliphatic heterocycles. The number of allylic oxidation sites excluding steroid dienone is 1. The highest BCUT2D eigenvalue weighted by molar-refractivity contribution is 9.11. The number of ether oxygens (including phenoxy) is 3. The second kappa shape index (κ2) is 14.2. The summed E-state index contributed by atoms with van der Waals surface area (Å²) in [6.45, 7) is 1.72. The van der Waals surface area contributed by atoms with E-state index in [1.807, 2.05) is 47.4 Å². The van der Waals surface area contributed by atoms with Crippen LogP contribution in [0.15, 0.2) is 53.0 Å². The van der Waals surface area contributed by atoms with E-state index in [1.165, 1.54) is 12.0 Å². The zero-order valence-corrected chi connectivity index (χ0v) is 28.5. The van der Waals surface area contributed by atoms with Gasteiger partial charge in [0.2, 0.25) is 17.7 Å². The summed E-state index contributed by atoms with van der Waals surface area (Å²) in [5, 5.41) is 13.3. The van der Waals surface area contributed by atoms with E-state index in [4.69, 9.17) is 14.2 Å². The van der Waals surface area contributed by atoms with E-state index < -0.39 is 59.6 Å². The number of amides is 3. The zero-order chi connectivity index (χ0) is 33.3. The van der Waals surface area contributed by atoms with Gasteiger partial charge in [0.25, 0.3) is 0 Å². The number of nitrogens with one attached hydrogen (secondary N) is 1. The average molecular weight is 715 g/mol. The first-order valence-corrected chi connectivity index (χ1v) is 17.5. The van der Waals surface area contributed by atoms with Gasteiger partial charge in [0.05, 0.1) is 31.2 Å². The fourth-order valence-electron chi connectivity index (χ4n) is 8.15. The van der Waals surface area contributed by atoms with Crippen LogP contribution in [-0.2, 0) is 33.4 Å². The molecule has 0 radical (unpaired) electrons. The second-order valence-corrected chi connectivity index (χ2v) is 14.2. The molecule has 8 atom stereocenters. The summed E-state index contributed by atoms with van der Waals surface area (Å²) in [7, 11) is 1.51. The molecular formula is C35H44BrN3O8. The van der Waals surface area contributed by atoms with E-state index >= 15 is 0 Å². The summed E-state index contributed by atoms with van der Waals surface area (Å²) < 4.78 is 18.9. The standard InChI is InChI=1S/C35H44BrN3O8/c1-21(19-40)39-31-33(43)38(23-14-8-4-9-15-23)17-11-5-10-16-26(41)37-25(20-45-2)29(22-12-6-3-7-13-22)46-34(44)27-28(32(39)42)35(31)18-24(36)30(27)47-35/h3,5-7,11-13,18,21,23,25,27-31,40H,4,8-10,14-17,19-20H2,1-2H3,(H,37,41)/b11-5-/t21-,25+,27-,28+,29+,30-,31-,35+/m1/s1. The summed E-state index contributed by atoms with van der Waals surface area (Å²) in [6.07, 6.45) is 9.24. The number of halogens is 1. The van der Waals surface area contributed by atoms with Crippen molar-refractivity contribution in [1.29, 1.82) is 0 Å². The van der Waals surface area contributed by atoms with Crippen LogP contribution in [0.2, 0.25) is 0 Å². The van der Waals surface area contributed by atoms with Crippen molar-refractivity contribution in [3.05, 3.63) is 58.6 Å². The van der Waals surface area contributed by atoms with Crippen LogP contribution in [-0.4, -0.2) is 101 Å². The smallest absolute Gasteiger partial charge is 0.313 e. The van der Waals surface area contributed by atoms with Crippen molar-refractivity contribution in [1.82, 2.24) is 15.1 Å². The van der Waals surface area contributed by atoms with Crippen molar-refractivity contribution in [2.75, 3.05) is 26.9 Å². The molecule has 0 unspecified atom stereocenters. The fourth-order valence-corrected chi connectivity index (χ4v) is 8.89. The Bertz CT molecular complexity index is 1410. The largest absolute Gasteiger partial charge is 0.455 e. The quantitative estimate of drug-likeness (QED) is 0.339. The van der Waals surface area contributed by atoms with Crippen LogP contribution in [0.1, 0.15) is 63.5 Å². The van der Waals surface area contributed by atoms with Crippen molar-refractivity contribution < 1.29 is 38.5 Å². The Morgan fingerprint density at radius 3 is 2.51 bits per heavy atom. The average Bonchev–Trinajstić information content (AvgIpc) is 3.68. The van der Waals surface area contributed by atoms with Crippen LogP contribution >= 0.6 is 15.9 Å². The van der Waals surface area contributed by atoms with Crippen LogP contribution in [0.5, 0.6) is 0 Å². The number of aliphatic hydroxyl groups is 1. The van der Waals surface area contributed by atoms with Gasteiger partial charge in [-0.05, 0) is 37.8 Å². The van der Waals surface area contributed by atoms with Gasteiger partial charge < -0.3 is 34.4 Å². The highest BCUT2D eigenvalue weighted by Crippen LogP contribution is 2.59. The molecule has 0 aromatic heterocycles. The van der Waals surface area contributed by atoms with Crippen molar-refractivity contribution in [2.24, 2.45) is 11.8 Å². The monoisotopic (exact) mass is 713 g/mol. The van der Waals surface area contributed by atoms with Gasteiger partial charge in [-0.25, -0.2) is 0 Å². The highest BCUT2D eigenvalue weighted by Gasteiger charge is 2.75. The van der Waals surface area contributed by atoms with E-state index in [2.05, 4.69) is 21.2 Å². The second-order valence-electron chi connectivity index (χ2n) is 13.3. The Balaban J connectivity index is 1.46. The van der Waals surface area contributed by atoms with E-state index in [0.717, 1.165) is 32.1 Å². The third-order valence-electron chi connectivity index (χ3n) is 10.3. The van der Waals surface area contributed by atoms with Gasteiger partial charge in [-0.3, -0.25) is 19.2 Å². The number of hydrogen-bond acceptors (Lipinski definition) is 8. The fraction of sp³-hybridized carbons (Fsp3) is 0.600. The molecule has 11 nitrogen and oxygen atoms in total. The maximum absolute atomic E-state index is 14.9. The number of methoxy groups -OCH3 is 1. The van der Waals surface area contributed by atoms with E-state index in [-0.39, 0.29) is 37.5 Å². The van der Waals surface area contributed by atoms with Crippen LogP contribution < -0.4 is 5.32 Å². The third kappa shape index (κ3) is 6.18. The van der Waals surface area contributed by atoms with E-state index in [0.29, 0.717) is 23.0 Å². The number of hydrogen-bond donors (Lipinski definition) is 2. The molecule has 12 heteroatoms. The highest BCUT2D eigenvalue weighted by atomic mass is 79.9. The number of esters is 1. The Morgan fingerprint density at radius 2 is 1.81 bits per heavy atom. The van der Waals surface area contributed by atoms with Crippen LogP contribution in [0.25, 0.3) is 0 Å². The normalized spacial score (nSPS) is 34.9. The number of cyclic esters (lactones) is 1. The number of aliphatic hydroxyl groups excluding tert-OH is 1. The van der Waals surface area contributed by atoms with Crippen molar-refractivity contribution >= 4 is 39.6 Å². The molecule has 1 spiro atoms. The van der Waals surface area contributed by atoms with Gasteiger partial charge in [-0.1, -0.05) is 77.7 Å². The lowest BCUT2D eigenvalue weighted by molar-refractivity contribution is -0.163. The molecule has 2 N–H and O–H groups in total. The number of fused-ring (bicyclic) bond motifs is 2. The lowest BCUT2D eigenvalue weighted by Crippen LogP contribution is -2.59. The lowest BCUT2D eigenvalue weighted by Gasteiger charge is -2.41. The number of carbonyl (C=O) groups excluding carboxylic acids is 4. The Morgan fingerprint density at radius 1 is 1.06 bits per heavy atom. The van der Waals surface area contributed by atoms with Crippen molar-refractivity contribution in [3.8, 4) is 0 Å². The van der Waals surface area contributed by atoms with Gasteiger partial charge in [-0.2, -0.15) is 0 Å². The van der Waals surface area contributed by atoms with Gasteiger partial charge in [0, 0.05) is 30.6 Å². The van der Waals surface area contributed by atoms with Gasteiger partial charge in [0.15, 0.2) is 0 Å². The van der Waals surface area contributed by atoms with E-state index in [1.54, 1.807) is 13.0 Å². The van der Waals surface area contributed by atoms with Gasteiger partial charge in [0.1, 0.15) is 29.8 Å². The molecule has 2 saturated heterocycles. The topological polar surface area (TPSA) is 135 Å². The minimum absolute atomic E-state index is 0.0312. The number of likely N-dealkylation sites (tertiary alicyclic amines) is 1. The molecule has 6 rings (SSSR count). The number of rotatable bonds is 6. The summed E-state index contributed by atoms with van der Waals surface area (Å²) in [5.41, 5.74) is -0.781. The summed E-state index contributed by atoms with van der Waals surface area (Å²) in [6, 6.07) is 6.58. The maximum Gasteiger partial charge on any atom is 0.313 e. The number of nitrogens with zero attached hydrogens (tertiary/aromatic N) is 2. The van der Waals surface area contributed by atoms with Gasteiger partial charge in [-0.15, -0.1) is 0 Å². The molecule has 5 aliphatic rings. The minimum Gasteiger partial charge on any atom is -0.455 e. The van der Waals surface area contributed by atoms with Crippen LogP contribution in [0.3, 0.4) is 0 Å². The first-order valence-electron chi connectivity index (χ1n) is 16.7. The molecule has 47 heavy (non-hydrogen) atoms. The molecule has 1 aromatic carbocycles. The molecule has 3 amide bonds. The molecule has 1 saturated carbocycles. The molecule has 3 fully saturated rings. The maximum atomic E-state index is 14.9. The first kappa shape index (κ1) is 33.8. The van der Waals surface area contributed by atoms with Gasteiger partial charge >= 0.3 is 5.97 Å². The predicted octanol–water partition coefficient (Wildman–Crippen LogP) is 3.17. The minimum atomic E-state index is -1.43. The summed E-state index contributed by atoms with van der Waals surface area (Å²) >= 11 is 3.60. The molecule has 1 aliphatic carbocycles.